The van der Waals surface area contributed by atoms with Crippen molar-refractivity contribution < 1.29 is 4.39 Å². The van der Waals surface area contributed by atoms with E-state index >= 15 is 0 Å². The van der Waals surface area contributed by atoms with E-state index in [0.29, 0.717) is 18.9 Å². The van der Waals surface area contributed by atoms with Crippen molar-refractivity contribution in [3.63, 3.8) is 0 Å². The average Bonchev–Trinajstić information content (AvgIpc) is 2.28. The van der Waals surface area contributed by atoms with Crippen LogP contribution in [-0.2, 0) is 0 Å². The molecule has 0 amide bonds. The zero-order valence-electron chi connectivity index (χ0n) is 10.6. The van der Waals surface area contributed by atoms with Gasteiger partial charge < -0.3 is 0 Å². The summed E-state index contributed by atoms with van der Waals surface area (Å²) in [7, 11) is 2.03. The summed E-state index contributed by atoms with van der Waals surface area (Å²) in [5, 5.41) is 0. The fraction of sp³-hybridized carbons (Fsp3) is 1.00. The Morgan fingerprint density at radius 2 is 1.93 bits per heavy atom. The lowest BCUT2D eigenvalue weighted by Crippen LogP contribution is -2.39. The molecule has 1 fully saturated rings. The summed E-state index contributed by atoms with van der Waals surface area (Å²) in [6, 6.07) is 0. The predicted molar refractivity (Wildman–Crippen MR) is 61.4 cm³/mol. The molecule has 0 saturated carbocycles. The van der Waals surface area contributed by atoms with Crippen molar-refractivity contribution in [1.29, 1.82) is 0 Å². The van der Waals surface area contributed by atoms with Crippen LogP contribution < -0.4 is 0 Å². The standard InChI is InChI=1S/C10H20FN.C2H6/c1-8(2)5-10(3)6-9(11)7-12(10)4;1-2/h8-9H,5-7H2,1-4H3;1-2H3. The van der Waals surface area contributed by atoms with E-state index in [9.17, 15) is 4.39 Å². The summed E-state index contributed by atoms with van der Waals surface area (Å²) in [6.45, 7) is 11.2. The van der Waals surface area contributed by atoms with Crippen LogP contribution in [0.25, 0.3) is 0 Å². The lowest BCUT2D eigenvalue weighted by molar-refractivity contribution is 0.163. The topological polar surface area (TPSA) is 3.24 Å². The molecule has 0 aliphatic carbocycles. The highest BCUT2D eigenvalue weighted by Crippen LogP contribution is 2.34. The van der Waals surface area contributed by atoms with E-state index in [4.69, 9.17) is 0 Å². The first-order chi connectivity index (χ1) is 6.44. The van der Waals surface area contributed by atoms with E-state index < -0.39 is 6.17 Å². The maximum Gasteiger partial charge on any atom is 0.114 e. The quantitative estimate of drug-likeness (QED) is 0.664. The van der Waals surface area contributed by atoms with Gasteiger partial charge in [-0.1, -0.05) is 27.7 Å². The van der Waals surface area contributed by atoms with Crippen LogP contribution in [0.4, 0.5) is 4.39 Å². The van der Waals surface area contributed by atoms with Crippen LogP contribution in [0, 0.1) is 5.92 Å². The molecule has 2 heteroatoms. The minimum atomic E-state index is -0.612. The first kappa shape index (κ1) is 13.9. The van der Waals surface area contributed by atoms with Gasteiger partial charge in [0.2, 0.25) is 0 Å². The van der Waals surface area contributed by atoms with Gasteiger partial charge in [0.15, 0.2) is 0 Å². The van der Waals surface area contributed by atoms with Gasteiger partial charge in [0.25, 0.3) is 0 Å². The highest BCUT2D eigenvalue weighted by Gasteiger charge is 2.39. The van der Waals surface area contributed by atoms with Gasteiger partial charge in [-0.3, -0.25) is 4.90 Å². The maximum atomic E-state index is 13.1. The molecule has 1 rings (SSSR count). The van der Waals surface area contributed by atoms with Gasteiger partial charge >= 0.3 is 0 Å². The third-order valence-corrected chi connectivity index (χ3v) is 2.90. The summed E-state index contributed by atoms with van der Waals surface area (Å²) >= 11 is 0. The Kier molecular flexibility index (Phi) is 5.65. The Bertz CT molecular complexity index is 158. The normalized spacial score (nSPS) is 33.0. The number of hydrogen-bond donors (Lipinski definition) is 0. The summed E-state index contributed by atoms with van der Waals surface area (Å²) < 4.78 is 13.1. The second-order valence-corrected chi connectivity index (χ2v) is 4.78. The van der Waals surface area contributed by atoms with Crippen LogP contribution in [0.15, 0.2) is 0 Å². The van der Waals surface area contributed by atoms with Crippen LogP contribution in [-0.4, -0.2) is 30.2 Å². The van der Waals surface area contributed by atoms with Gasteiger partial charge in [-0.15, -0.1) is 0 Å². The van der Waals surface area contributed by atoms with Gasteiger partial charge in [0.1, 0.15) is 6.17 Å². The Morgan fingerprint density at radius 1 is 1.43 bits per heavy atom. The predicted octanol–water partition coefficient (Wildman–Crippen LogP) is 3.49. The minimum absolute atomic E-state index is 0.105. The molecule has 0 aromatic heterocycles. The Hall–Kier alpha value is -0.110. The Labute approximate surface area is 88.7 Å². The van der Waals surface area contributed by atoms with Gasteiger partial charge in [0.05, 0.1) is 0 Å². The molecular weight excluding hydrogens is 177 g/mol. The third-order valence-electron chi connectivity index (χ3n) is 2.90. The van der Waals surface area contributed by atoms with Gasteiger partial charge in [-0.2, -0.15) is 0 Å². The molecule has 0 radical (unpaired) electrons. The number of nitrogens with zero attached hydrogens (tertiary/aromatic N) is 1. The van der Waals surface area contributed by atoms with Gasteiger partial charge in [0, 0.05) is 12.1 Å². The summed E-state index contributed by atoms with van der Waals surface area (Å²) in [6.07, 6.45) is 1.20. The monoisotopic (exact) mass is 203 g/mol. The van der Waals surface area contributed by atoms with Crippen LogP contribution in [0.2, 0.25) is 0 Å². The molecule has 14 heavy (non-hydrogen) atoms. The van der Waals surface area contributed by atoms with Crippen LogP contribution in [0.1, 0.15) is 47.5 Å². The van der Waals surface area contributed by atoms with Crippen LogP contribution in [0.3, 0.4) is 0 Å². The molecule has 1 aliphatic rings. The summed E-state index contributed by atoms with van der Waals surface area (Å²) in [4.78, 5) is 2.16. The molecule has 0 spiro atoms. The summed E-state index contributed by atoms with van der Waals surface area (Å²) in [5.74, 6) is 0.655. The van der Waals surface area contributed by atoms with Crippen molar-refractivity contribution in [2.75, 3.05) is 13.6 Å². The Morgan fingerprint density at radius 3 is 2.21 bits per heavy atom. The van der Waals surface area contributed by atoms with Gasteiger partial charge in [-0.25, -0.2) is 4.39 Å². The van der Waals surface area contributed by atoms with E-state index in [0.717, 1.165) is 6.42 Å². The van der Waals surface area contributed by atoms with Crippen molar-refractivity contribution in [3.8, 4) is 0 Å². The van der Waals surface area contributed by atoms with Crippen molar-refractivity contribution in [2.45, 2.75) is 59.2 Å². The minimum Gasteiger partial charge on any atom is -0.298 e. The van der Waals surface area contributed by atoms with Crippen molar-refractivity contribution >= 4 is 0 Å². The van der Waals surface area contributed by atoms with Gasteiger partial charge in [-0.05, 0) is 32.7 Å². The molecule has 1 aliphatic heterocycles. The number of likely N-dealkylation sites (tertiary alicyclic amines) is 1. The second-order valence-electron chi connectivity index (χ2n) is 4.78. The SMILES string of the molecule is CC.CC(C)CC1(C)CC(F)CN1C. The van der Waals surface area contributed by atoms with Crippen LogP contribution >= 0.6 is 0 Å². The molecule has 2 atom stereocenters. The third kappa shape index (κ3) is 3.56. The zero-order chi connectivity index (χ0) is 11.4. The lowest BCUT2D eigenvalue weighted by atomic mass is 9.88. The van der Waals surface area contributed by atoms with E-state index in [2.05, 4.69) is 25.7 Å². The molecule has 0 N–H and O–H groups in total. The number of hydrogen-bond acceptors (Lipinski definition) is 1. The average molecular weight is 203 g/mol. The highest BCUT2D eigenvalue weighted by atomic mass is 19.1. The molecular formula is C12H26FN. The van der Waals surface area contributed by atoms with Crippen molar-refractivity contribution in [2.24, 2.45) is 5.92 Å². The molecule has 1 heterocycles. The first-order valence-electron chi connectivity index (χ1n) is 5.79. The largest absolute Gasteiger partial charge is 0.298 e. The first-order valence-corrected chi connectivity index (χ1v) is 5.79. The number of halogens is 1. The highest BCUT2D eigenvalue weighted by molar-refractivity contribution is 4.95. The second kappa shape index (κ2) is 5.69. The zero-order valence-corrected chi connectivity index (χ0v) is 10.6. The molecule has 0 bridgehead atoms. The van der Waals surface area contributed by atoms with Crippen molar-refractivity contribution in [1.82, 2.24) is 4.90 Å². The maximum absolute atomic E-state index is 13.1. The number of alkyl halides is 1. The molecule has 1 nitrogen and oxygen atoms in total. The Balaban J connectivity index is 0.000000791. The molecule has 1 saturated heterocycles. The lowest BCUT2D eigenvalue weighted by Gasteiger charge is -2.33. The van der Waals surface area contributed by atoms with Crippen LogP contribution in [0.5, 0.6) is 0 Å². The fourth-order valence-electron chi connectivity index (χ4n) is 2.33. The van der Waals surface area contributed by atoms with Crippen molar-refractivity contribution in [3.05, 3.63) is 0 Å². The molecule has 0 aromatic rings. The van der Waals surface area contributed by atoms with E-state index in [1.54, 1.807) is 0 Å². The molecule has 86 valence electrons. The fourth-order valence-corrected chi connectivity index (χ4v) is 2.33. The summed E-state index contributed by atoms with van der Waals surface area (Å²) in [5.41, 5.74) is 0.105. The molecule has 0 aromatic carbocycles. The van der Waals surface area contributed by atoms with E-state index in [1.807, 2.05) is 20.9 Å². The number of rotatable bonds is 2. The van der Waals surface area contributed by atoms with E-state index in [-0.39, 0.29) is 5.54 Å². The smallest absolute Gasteiger partial charge is 0.114 e. The van der Waals surface area contributed by atoms with E-state index in [1.165, 1.54) is 0 Å². The molecule has 2 unspecified atom stereocenters.